The number of rotatable bonds is 7. The number of nitrogens with one attached hydrogen (secondary N) is 1. The Morgan fingerprint density at radius 2 is 1.87 bits per heavy atom. The summed E-state index contributed by atoms with van der Waals surface area (Å²) in [5.74, 6) is 1.49. The Hall–Kier alpha value is -3.46. The fourth-order valence-electron chi connectivity index (χ4n) is 3.06. The third kappa shape index (κ3) is 4.25. The summed E-state index contributed by atoms with van der Waals surface area (Å²) in [6.45, 7) is 4.63. The van der Waals surface area contributed by atoms with Crippen LogP contribution in [0.1, 0.15) is 12.6 Å². The lowest BCUT2D eigenvalue weighted by molar-refractivity contribution is -0.113. The summed E-state index contributed by atoms with van der Waals surface area (Å²) >= 11 is 1.35. The van der Waals surface area contributed by atoms with E-state index in [1.165, 1.54) is 11.8 Å². The number of anilines is 1. The molecular weight excluding hydrogens is 398 g/mol. The van der Waals surface area contributed by atoms with Crippen LogP contribution in [-0.4, -0.2) is 41.2 Å². The average molecular weight is 420 g/mol. The van der Waals surface area contributed by atoms with Crippen molar-refractivity contribution in [1.29, 1.82) is 0 Å². The van der Waals surface area contributed by atoms with Crippen molar-refractivity contribution in [3.05, 3.63) is 66.6 Å². The molecule has 0 aliphatic carbocycles. The van der Waals surface area contributed by atoms with E-state index in [1.807, 2.05) is 66.9 Å². The van der Waals surface area contributed by atoms with Crippen LogP contribution in [0.5, 0.6) is 0 Å². The van der Waals surface area contributed by atoms with Crippen LogP contribution < -0.4 is 5.32 Å². The molecule has 3 heterocycles. The van der Waals surface area contributed by atoms with E-state index in [-0.39, 0.29) is 11.7 Å². The van der Waals surface area contributed by atoms with Crippen LogP contribution in [0.25, 0.3) is 17.1 Å². The number of carbonyl (C=O) groups is 1. The molecule has 8 nitrogen and oxygen atoms in total. The summed E-state index contributed by atoms with van der Waals surface area (Å²) in [6, 6.07) is 15.3. The van der Waals surface area contributed by atoms with Gasteiger partial charge in [-0.3, -0.25) is 9.78 Å². The van der Waals surface area contributed by atoms with E-state index in [2.05, 4.69) is 25.6 Å². The zero-order valence-electron chi connectivity index (χ0n) is 16.7. The summed E-state index contributed by atoms with van der Waals surface area (Å²) in [5.41, 5.74) is 2.66. The normalized spacial score (nSPS) is 10.9. The number of para-hydroxylation sites is 1. The lowest BCUT2D eigenvalue weighted by atomic mass is 10.2. The van der Waals surface area contributed by atoms with E-state index < -0.39 is 0 Å². The molecule has 4 rings (SSSR count). The number of aromatic nitrogens is 6. The Bertz CT molecular complexity index is 1140. The minimum absolute atomic E-state index is 0.131. The Morgan fingerprint density at radius 1 is 1.10 bits per heavy atom. The van der Waals surface area contributed by atoms with Crippen molar-refractivity contribution in [1.82, 2.24) is 29.5 Å². The molecule has 0 spiro atoms. The molecule has 152 valence electrons. The smallest absolute Gasteiger partial charge is 0.236 e. The van der Waals surface area contributed by atoms with Crippen LogP contribution >= 0.6 is 11.8 Å². The second kappa shape index (κ2) is 8.91. The van der Waals surface area contributed by atoms with Gasteiger partial charge in [-0.1, -0.05) is 30.0 Å². The van der Waals surface area contributed by atoms with Crippen molar-refractivity contribution in [2.45, 2.75) is 25.5 Å². The lowest BCUT2D eigenvalue weighted by Crippen LogP contribution is -2.17. The summed E-state index contributed by atoms with van der Waals surface area (Å²) in [6.07, 6.45) is 3.45. The van der Waals surface area contributed by atoms with Gasteiger partial charge in [0, 0.05) is 30.6 Å². The van der Waals surface area contributed by atoms with Gasteiger partial charge in [0.25, 0.3) is 0 Å². The highest BCUT2D eigenvalue weighted by Crippen LogP contribution is 2.24. The van der Waals surface area contributed by atoms with E-state index in [0.717, 1.165) is 22.8 Å². The van der Waals surface area contributed by atoms with Crippen LogP contribution in [0.2, 0.25) is 0 Å². The lowest BCUT2D eigenvalue weighted by Gasteiger charge is -2.09. The Labute approximate surface area is 178 Å². The molecule has 3 aromatic heterocycles. The molecule has 0 unspecified atom stereocenters. The molecule has 0 aliphatic rings. The number of amides is 1. The van der Waals surface area contributed by atoms with Gasteiger partial charge in [-0.2, -0.15) is 5.10 Å². The standard InChI is InChI=1S/C21H21N7OS/c1-3-27-20(16-9-11-22-12-10-16)24-25-21(27)30-14-19(29)23-18-13-15(2)26-28(18)17-7-5-4-6-8-17/h4-13H,3,14H2,1-2H3,(H,23,29). The minimum atomic E-state index is -0.131. The number of aryl methyl sites for hydroxylation is 1. The minimum Gasteiger partial charge on any atom is -0.310 e. The molecule has 1 N–H and O–H groups in total. The number of pyridine rings is 1. The van der Waals surface area contributed by atoms with Gasteiger partial charge in [0.2, 0.25) is 5.91 Å². The van der Waals surface area contributed by atoms with Gasteiger partial charge in [0.05, 0.1) is 17.1 Å². The third-order valence-corrected chi connectivity index (χ3v) is 5.37. The van der Waals surface area contributed by atoms with Gasteiger partial charge in [-0.05, 0) is 38.1 Å². The van der Waals surface area contributed by atoms with E-state index in [4.69, 9.17) is 0 Å². The van der Waals surface area contributed by atoms with E-state index in [0.29, 0.717) is 17.5 Å². The molecule has 4 aromatic rings. The summed E-state index contributed by atoms with van der Waals surface area (Å²) in [7, 11) is 0. The van der Waals surface area contributed by atoms with Crippen molar-refractivity contribution in [2.24, 2.45) is 0 Å². The summed E-state index contributed by atoms with van der Waals surface area (Å²) in [5, 5.41) is 16.7. The topological polar surface area (TPSA) is 90.5 Å². The van der Waals surface area contributed by atoms with Crippen molar-refractivity contribution in [3.63, 3.8) is 0 Å². The number of thioether (sulfide) groups is 1. The average Bonchev–Trinajstić information content (AvgIpc) is 3.36. The molecule has 30 heavy (non-hydrogen) atoms. The molecular formula is C21H21N7OS. The van der Waals surface area contributed by atoms with Crippen molar-refractivity contribution >= 4 is 23.5 Å². The first-order valence-corrected chi connectivity index (χ1v) is 10.5. The highest BCUT2D eigenvalue weighted by molar-refractivity contribution is 7.99. The zero-order valence-corrected chi connectivity index (χ0v) is 17.5. The Balaban J connectivity index is 1.46. The Morgan fingerprint density at radius 3 is 2.60 bits per heavy atom. The maximum atomic E-state index is 12.6. The van der Waals surface area contributed by atoms with Crippen LogP contribution in [0, 0.1) is 6.92 Å². The second-order valence-corrected chi connectivity index (χ2v) is 7.48. The first kappa shape index (κ1) is 19.8. The van der Waals surface area contributed by atoms with E-state index in [9.17, 15) is 4.79 Å². The first-order chi connectivity index (χ1) is 14.7. The van der Waals surface area contributed by atoms with Crippen molar-refractivity contribution in [3.8, 4) is 17.1 Å². The molecule has 0 bridgehead atoms. The van der Waals surface area contributed by atoms with Gasteiger partial charge in [-0.25, -0.2) is 4.68 Å². The molecule has 1 aromatic carbocycles. The van der Waals surface area contributed by atoms with Crippen molar-refractivity contribution in [2.75, 3.05) is 11.1 Å². The predicted octanol–water partition coefficient (Wildman–Crippen LogP) is 3.58. The predicted molar refractivity (Wildman–Crippen MR) is 117 cm³/mol. The number of hydrogen-bond acceptors (Lipinski definition) is 6. The number of benzene rings is 1. The molecule has 0 saturated heterocycles. The maximum absolute atomic E-state index is 12.6. The molecule has 0 fully saturated rings. The summed E-state index contributed by atoms with van der Waals surface area (Å²) < 4.78 is 3.72. The van der Waals surface area contributed by atoms with Gasteiger partial charge in [0.1, 0.15) is 5.82 Å². The third-order valence-electron chi connectivity index (χ3n) is 4.40. The summed E-state index contributed by atoms with van der Waals surface area (Å²) in [4.78, 5) is 16.7. The Kier molecular flexibility index (Phi) is 5.89. The monoisotopic (exact) mass is 419 g/mol. The molecule has 1 amide bonds. The highest BCUT2D eigenvalue weighted by atomic mass is 32.2. The van der Waals surface area contributed by atoms with Gasteiger partial charge in [-0.15, -0.1) is 10.2 Å². The van der Waals surface area contributed by atoms with Crippen LogP contribution in [0.15, 0.2) is 66.1 Å². The maximum Gasteiger partial charge on any atom is 0.236 e. The quantitative estimate of drug-likeness (QED) is 0.461. The number of nitrogens with zero attached hydrogens (tertiary/aromatic N) is 6. The SMILES string of the molecule is CCn1c(SCC(=O)Nc2cc(C)nn2-c2ccccc2)nnc1-c1ccncc1. The molecule has 0 saturated carbocycles. The fourth-order valence-corrected chi connectivity index (χ4v) is 3.86. The van der Waals surface area contributed by atoms with Gasteiger partial charge < -0.3 is 9.88 Å². The zero-order chi connectivity index (χ0) is 20.9. The molecule has 9 heteroatoms. The largest absolute Gasteiger partial charge is 0.310 e. The van der Waals surface area contributed by atoms with Crippen LogP contribution in [0.4, 0.5) is 5.82 Å². The fraction of sp³-hybridized carbons (Fsp3) is 0.190. The van der Waals surface area contributed by atoms with Crippen LogP contribution in [0.3, 0.4) is 0 Å². The second-order valence-electron chi connectivity index (χ2n) is 6.54. The van der Waals surface area contributed by atoms with Crippen LogP contribution in [-0.2, 0) is 11.3 Å². The van der Waals surface area contributed by atoms with E-state index in [1.54, 1.807) is 17.1 Å². The van der Waals surface area contributed by atoms with Gasteiger partial charge >= 0.3 is 0 Å². The van der Waals surface area contributed by atoms with Gasteiger partial charge in [0.15, 0.2) is 11.0 Å². The highest BCUT2D eigenvalue weighted by Gasteiger charge is 2.16. The van der Waals surface area contributed by atoms with Crippen molar-refractivity contribution < 1.29 is 4.79 Å². The number of carbonyl (C=O) groups excluding carboxylic acids is 1. The number of hydrogen-bond donors (Lipinski definition) is 1. The molecule has 0 radical (unpaired) electrons. The first-order valence-electron chi connectivity index (χ1n) is 9.54. The molecule has 0 atom stereocenters. The molecule has 0 aliphatic heterocycles. The van der Waals surface area contributed by atoms with E-state index >= 15 is 0 Å².